The van der Waals surface area contributed by atoms with Crippen LogP contribution in [0.4, 0.5) is 0 Å². The van der Waals surface area contributed by atoms with Crippen molar-refractivity contribution in [3.05, 3.63) is 34.9 Å². The molecule has 82 valence electrons. The minimum absolute atomic E-state index is 1.29. The van der Waals surface area contributed by atoms with Crippen LogP contribution in [0.2, 0.25) is 0 Å². The van der Waals surface area contributed by atoms with E-state index in [0.29, 0.717) is 0 Å². The van der Waals surface area contributed by atoms with Gasteiger partial charge >= 0.3 is 0 Å². The van der Waals surface area contributed by atoms with Gasteiger partial charge < -0.3 is 0 Å². The zero-order chi connectivity index (χ0) is 10.5. The Balaban J connectivity index is 2.00. The second-order valence-corrected chi connectivity index (χ2v) is 4.87. The van der Waals surface area contributed by atoms with Crippen molar-refractivity contribution in [2.45, 2.75) is 58.3 Å². The van der Waals surface area contributed by atoms with Gasteiger partial charge in [-0.3, -0.25) is 0 Å². The van der Waals surface area contributed by atoms with E-state index in [-0.39, 0.29) is 0 Å². The van der Waals surface area contributed by atoms with Gasteiger partial charge in [-0.15, -0.1) is 0 Å². The highest BCUT2D eigenvalue weighted by Crippen LogP contribution is 2.26. The van der Waals surface area contributed by atoms with E-state index in [9.17, 15) is 0 Å². The van der Waals surface area contributed by atoms with Gasteiger partial charge in [-0.05, 0) is 63.9 Å². The number of hydrogen-bond donors (Lipinski definition) is 0. The van der Waals surface area contributed by atoms with E-state index in [0.717, 1.165) is 0 Å². The molecule has 0 N–H and O–H groups in total. The number of hydrogen-bond acceptors (Lipinski definition) is 0. The molecule has 0 unspecified atom stereocenters. The molecule has 2 aliphatic carbocycles. The summed E-state index contributed by atoms with van der Waals surface area (Å²) in [6.07, 6.45) is 17.9. The normalized spacial score (nSPS) is 23.4. The van der Waals surface area contributed by atoms with E-state index in [1.54, 1.807) is 16.7 Å². The fourth-order valence-electron chi connectivity index (χ4n) is 2.53. The summed E-state index contributed by atoms with van der Waals surface area (Å²) in [5.74, 6) is 0. The van der Waals surface area contributed by atoms with Crippen molar-refractivity contribution in [1.82, 2.24) is 0 Å². The largest absolute Gasteiger partial charge is 0.0813 e. The first-order valence-electron chi connectivity index (χ1n) is 6.42. The third-order valence-electron chi connectivity index (χ3n) is 3.62. The molecule has 0 aromatic rings. The summed E-state index contributed by atoms with van der Waals surface area (Å²) in [5, 5.41) is 0. The third-order valence-corrected chi connectivity index (χ3v) is 3.62. The molecular weight excluding hydrogens is 180 g/mol. The van der Waals surface area contributed by atoms with Crippen molar-refractivity contribution in [3.63, 3.8) is 0 Å². The van der Waals surface area contributed by atoms with Crippen LogP contribution in [0.1, 0.15) is 58.3 Å². The number of allylic oxidation sites excluding steroid dienone is 6. The second-order valence-electron chi connectivity index (χ2n) is 4.87. The lowest BCUT2D eigenvalue weighted by molar-refractivity contribution is 0.682. The zero-order valence-electron chi connectivity index (χ0n) is 9.89. The third kappa shape index (κ3) is 3.09. The molecule has 15 heavy (non-hydrogen) atoms. The van der Waals surface area contributed by atoms with E-state index < -0.39 is 0 Å². The molecule has 0 saturated carbocycles. The van der Waals surface area contributed by atoms with E-state index >= 15 is 0 Å². The highest BCUT2D eigenvalue weighted by molar-refractivity contribution is 5.32. The molecule has 0 bridgehead atoms. The molecule has 0 amide bonds. The molecule has 2 aliphatic rings. The Morgan fingerprint density at radius 2 is 1.73 bits per heavy atom. The van der Waals surface area contributed by atoms with Gasteiger partial charge in [-0.25, -0.2) is 0 Å². The highest BCUT2D eigenvalue weighted by atomic mass is 14.1. The van der Waals surface area contributed by atoms with Crippen molar-refractivity contribution < 1.29 is 0 Å². The van der Waals surface area contributed by atoms with Crippen molar-refractivity contribution in [2.24, 2.45) is 0 Å². The fraction of sp³-hybridized carbons (Fsp3) is 0.600. The first-order chi connectivity index (χ1) is 7.36. The minimum Gasteiger partial charge on any atom is -0.0813 e. The molecule has 0 fully saturated rings. The van der Waals surface area contributed by atoms with Crippen molar-refractivity contribution in [1.29, 1.82) is 0 Å². The molecule has 0 heterocycles. The van der Waals surface area contributed by atoms with Gasteiger partial charge in [-0.1, -0.05) is 29.4 Å². The monoisotopic (exact) mass is 202 g/mol. The lowest BCUT2D eigenvalue weighted by Gasteiger charge is -2.15. The van der Waals surface area contributed by atoms with Crippen LogP contribution < -0.4 is 0 Å². The topological polar surface area (TPSA) is 0 Å². The van der Waals surface area contributed by atoms with Crippen molar-refractivity contribution in [3.8, 4) is 0 Å². The zero-order valence-corrected chi connectivity index (χ0v) is 9.89. The highest BCUT2D eigenvalue weighted by Gasteiger charge is 2.06. The van der Waals surface area contributed by atoms with Gasteiger partial charge in [0.25, 0.3) is 0 Å². The maximum atomic E-state index is 2.42. The van der Waals surface area contributed by atoms with Gasteiger partial charge in [0.1, 0.15) is 0 Å². The molecule has 0 radical (unpaired) electrons. The van der Waals surface area contributed by atoms with Crippen molar-refractivity contribution >= 4 is 0 Å². The quantitative estimate of drug-likeness (QED) is 0.595. The Labute approximate surface area is 93.8 Å². The van der Waals surface area contributed by atoms with Crippen LogP contribution in [0.5, 0.6) is 0 Å². The van der Waals surface area contributed by atoms with Crippen molar-refractivity contribution in [2.75, 3.05) is 0 Å². The van der Waals surface area contributed by atoms with E-state index in [1.165, 1.54) is 51.4 Å². The summed E-state index contributed by atoms with van der Waals surface area (Å²) < 4.78 is 0. The molecule has 0 nitrogen and oxygen atoms in total. The molecular formula is C15H22. The molecule has 0 atom stereocenters. The molecule has 0 heteroatoms. The van der Waals surface area contributed by atoms with Crippen LogP contribution in [-0.2, 0) is 0 Å². The molecule has 0 saturated heterocycles. The van der Waals surface area contributed by atoms with Gasteiger partial charge in [-0.2, -0.15) is 0 Å². The second kappa shape index (κ2) is 5.34. The predicted octanol–water partition coefficient (Wildman–Crippen LogP) is 4.93. The van der Waals surface area contributed by atoms with Crippen LogP contribution in [0, 0.1) is 0 Å². The van der Waals surface area contributed by atoms with E-state index in [1.807, 2.05) is 0 Å². The summed E-state index contributed by atoms with van der Waals surface area (Å²) in [6.45, 7) is 2.30. The molecule has 2 rings (SSSR count). The SMILES string of the molecule is CC1=C(/C=C/C2=CCCCC2)CCCC1. The van der Waals surface area contributed by atoms with E-state index in [4.69, 9.17) is 0 Å². The van der Waals surface area contributed by atoms with Gasteiger partial charge in [0, 0.05) is 0 Å². The molecule has 0 aliphatic heterocycles. The minimum atomic E-state index is 1.29. The lowest BCUT2D eigenvalue weighted by atomic mass is 9.91. The summed E-state index contributed by atoms with van der Waals surface area (Å²) in [4.78, 5) is 0. The summed E-state index contributed by atoms with van der Waals surface area (Å²) in [7, 11) is 0. The Bertz CT molecular complexity index is 302. The Morgan fingerprint density at radius 1 is 0.933 bits per heavy atom. The van der Waals surface area contributed by atoms with Crippen LogP contribution in [0.25, 0.3) is 0 Å². The maximum Gasteiger partial charge on any atom is -0.0279 e. The first-order valence-corrected chi connectivity index (χ1v) is 6.42. The molecule has 0 spiro atoms. The van der Waals surface area contributed by atoms with Crippen LogP contribution in [0.3, 0.4) is 0 Å². The standard InChI is InChI=1S/C15H22/c1-13-7-5-6-10-15(13)12-11-14-8-3-2-4-9-14/h8,11-12H,2-7,9-10H2,1H3/b12-11+. The maximum absolute atomic E-state index is 2.42. The predicted molar refractivity (Wildman–Crippen MR) is 66.9 cm³/mol. The van der Waals surface area contributed by atoms with Gasteiger partial charge in [0.05, 0.1) is 0 Å². The van der Waals surface area contributed by atoms with Gasteiger partial charge in [0.15, 0.2) is 0 Å². The first kappa shape index (κ1) is 10.7. The molecule has 0 aromatic heterocycles. The Kier molecular flexibility index (Phi) is 3.82. The lowest BCUT2D eigenvalue weighted by Crippen LogP contribution is -1.95. The van der Waals surface area contributed by atoms with Gasteiger partial charge in [0.2, 0.25) is 0 Å². The Hall–Kier alpha value is -0.780. The smallest absolute Gasteiger partial charge is 0.0279 e. The average molecular weight is 202 g/mol. The Morgan fingerprint density at radius 3 is 2.47 bits per heavy atom. The summed E-state index contributed by atoms with van der Waals surface area (Å²) >= 11 is 0. The summed E-state index contributed by atoms with van der Waals surface area (Å²) in [5.41, 5.74) is 4.79. The number of rotatable bonds is 2. The van der Waals surface area contributed by atoms with Crippen LogP contribution in [-0.4, -0.2) is 0 Å². The average Bonchev–Trinajstić information content (AvgIpc) is 2.29. The van der Waals surface area contributed by atoms with Crippen LogP contribution >= 0.6 is 0 Å². The van der Waals surface area contributed by atoms with Crippen LogP contribution in [0.15, 0.2) is 34.9 Å². The summed E-state index contributed by atoms with van der Waals surface area (Å²) in [6, 6.07) is 0. The fourth-order valence-corrected chi connectivity index (χ4v) is 2.53. The van der Waals surface area contributed by atoms with E-state index in [2.05, 4.69) is 25.2 Å². The molecule has 0 aromatic carbocycles.